The smallest absolute Gasteiger partial charge is 0.312 e. The number of aliphatic hydroxyl groups excluding tert-OH is 1. The van der Waals surface area contributed by atoms with Gasteiger partial charge in [0.15, 0.2) is 0 Å². The van der Waals surface area contributed by atoms with Crippen molar-refractivity contribution in [3.63, 3.8) is 0 Å². The first-order chi connectivity index (χ1) is 15.8. The van der Waals surface area contributed by atoms with Crippen LogP contribution in [0.5, 0.6) is 0 Å². The number of ether oxygens (including phenoxy) is 2. The quantitative estimate of drug-likeness (QED) is 0.270. The maximum atomic E-state index is 14.1. The van der Waals surface area contributed by atoms with Gasteiger partial charge in [0.2, 0.25) is 11.8 Å². The number of hydrogen-bond acceptors (Lipinski definition) is 6. The Labute approximate surface area is 197 Å². The van der Waals surface area contributed by atoms with E-state index in [0.717, 1.165) is 19.3 Å². The summed E-state index contributed by atoms with van der Waals surface area (Å²) in [6, 6.07) is -1.40. The van der Waals surface area contributed by atoms with Crippen molar-refractivity contribution in [3.05, 3.63) is 12.7 Å². The lowest BCUT2D eigenvalue weighted by Crippen LogP contribution is -2.58. The van der Waals surface area contributed by atoms with Gasteiger partial charge in [0.05, 0.1) is 30.8 Å². The molecule has 3 aliphatic rings. The van der Waals surface area contributed by atoms with Gasteiger partial charge in [-0.25, -0.2) is 0 Å². The Bertz CT molecular complexity index is 768. The summed E-state index contributed by atoms with van der Waals surface area (Å²) in [7, 11) is 0. The predicted molar refractivity (Wildman–Crippen MR) is 123 cm³/mol. The number of hydrogen-bond donors (Lipinski definition) is 1. The summed E-state index contributed by atoms with van der Waals surface area (Å²) >= 11 is 0. The number of fused-ring (bicyclic) bond motifs is 1. The third-order valence-corrected chi connectivity index (χ3v) is 7.76. The molecule has 1 spiro atoms. The molecule has 186 valence electrons. The van der Waals surface area contributed by atoms with Gasteiger partial charge in [-0.05, 0) is 39.5 Å². The number of carbonyl (C=O) groups is 3. The summed E-state index contributed by atoms with van der Waals surface area (Å²) in [4.78, 5) is 44.2. The number of likely N-dealkylation sites (tertiary alicyclic amines) is 1. The number of aliphatic hydroxyl groups is 1. The Kier molecular flexibility index (Phi) is 7.89. The van der Waals surface area contributed by atoms with E-state index in [4.69, 9.17) is 9.47 Å². The van der Waals surface area contributed by atoms with E-state index in [1.165, 1.54) is 4.90 Å². The van der Waals surface area contributed by atoms with Gasteiger partial charge in [-0.15, -0.1) is 6.58 Å². The van der Waals surface area contributed by atoms with Crippen molar-refractivity contribution in [1.82, 2.24) is 9.80 Å². The first-order valence-electron chi connectivity index (χ1n) is 12.5. The van der Waals surface area contributed by atoms with Gasteiger partial charge in [0.1, 0.15) is 17.6 Å². The fourth-order valence-electron chi connectivity index (χ4n) is 6.21. The predicted octanol–water partition coefficient (Wildman–Crippen LogP) is 2.29. The molecule has 0 aromatic heterocycles. The molecule has 2 unspecified atom stereocenters. The SMILES string of the molecule is C=CCN(CCCCC)C(=O)C1N([C@@H](CC)CO)C(=O)[C@@H]2[C@@H](C(=O)OCC)[C@@]3(C)CCC12O3. The maximum Gasteiger partial charge on any atom is 0.312 e. The van der Waals surface area contributed by atoms with Crippen molar-refractivity contribution >= 4 is 17.8 Å². The lowest BCUT2D eigenvalue weighted by molar-refractivity contribution is -0.161. The molecule has 2 amide bonds. The molecule has 2 bridgehead atoms. The van der Waals surface area contributed by atoms with Crippen LogP contribution in [0.25, 0.3) is 0 Å². The van der Waals surface area contributed by atoms with Crippen LogP contribution in [0.3, 0.4) is 0 Å². The molecule has 8 nitrogen and oxygen atoms in total. The minimum atomic E-state index is -1.09. The summed E-state index contributed by atoms with van der Waals surface area (Å²) in [6.45, 7) is 12.3. The molecule has 3 heterocycles. The van der Waals surface area contributed by atoms with Crippen LogP contribution in [0.15, 0.2) is 12.7 Å². The molecule has 3 saturated heterocycles. The average molecular weight is 465 g/mol. The molecular formula is C25H40N2O6. The molecule has 3 fully saturated rings. The van der Waals surface area contributed by atoms with E-state index in [2.05, 4.69) is 13.5 Å². The number of unbranched alkanes of at least 4 members (excludes halogenated alkanes) is 2. The Morgan fingerprint density at radius 1 is 1.33 bits per heavy atom. The molecule has 3 aliphatic heterocycles. The zero-order chi connectivity index (χ0) is 24.4. The summed E-state index contributed by atoms with van der Waals surface area (Å²) in [6.07, 6.45) is 6.16. The Hall–Kier alpha value is -1.93. The van der Waals surface area contributed by atoms with Crippen molar-refractivity contribution in [2.24, 2.45) is 11.8 Å². The molecule has 0 aliphatic carbocycles. The highest BCUT2D eigenvalue weighted by molar-refractivity contribution is 5.98. The normalized spacial score (nSPS) is 33.2. The second-order valence-electron chi connectivity index (χ2n) is 9.75. The molecular weight excluding hydrogens is 424 g/mol. The second kappa shape index (κ2) is 10.1. The van der Waals surface area contributed by atoms with Crippen molar-refractivity contribution in [1.29, 1.82) is 0 Å². The molecule has 0 saturated carbocycles. The summed E-state index contributed by atoms with van der Waals surface area (Å²) in [5.74, 6) is -2.48. The highest BCUT2D eigenvalue weighted by Crippen LogP contribution is 2.63. The van der Waals surface area contributed by atoms with E-state index in [9.17, 15) is 19.5 Å². The number of esters is 1. The lowest BCUT2D eigenvalue weighted by atomic mass is 9.66. The van der Waals surface area contributed by atoms with Crippen molar-refractivity contribution in [2.75, 3.05) is 26.3 Å². The number of carbonyl (C=O) groups excluding carboxylic acids is 3. The summed E-state index contributed by atoms with van der Waals surface area (Å²) < 4.78 is 11.9. The number of rotatable bonds is 12. The van der Waals surface area contributed by atoms with E-state index >= 15 is 0 Å². The molecule has 1 N–H and O–H groups in total. The van der Waals surface area contributed by atoms with Crippen molar-refractivity contribution in [2.45, 2.75) is 89.5 Å². The van der Waals surface area contributed by atoms with Gasteiger partial charge in [-0.2, -0.15) is 0 Å². The molecule has 0 aromatic rings. The Balaban J connectivity index is 2.06. The first kappa shape index (κ1) is 25.7. The monoisotopic (exact) mass is 464 g/mol. The Morgan fingerprint density at radius 2 is 2.06 bits per heavy atom. The van der Waals surface area contributed by atoms with Crippen LogP contribution < -0.4 is 0 Å². The van der Waals surface area contributed by atoms with Crippen molar-refractivity contribution < 1.29 is 29.0 Å². The van der Waals surface area contributed by atoms with Crippen LogP contribution in [-0.2, 0) is 23.9 Å². The third kappa shape index (κ3) is 4.09. The average Bonchev–Trinajstić information content (AvgIpc) is 3.35. The largest absolute Gasteiger partial charge is 0.466 e. The molecule has 33 heavy (non-hydrogen) atoms. The Morgan fingerprint density at radius 3 is 2.64 bits per heavy atom. The van der Waals surface area contributed by atoms with Gasteiger partial charge < -0.3 is 24.4 Å². The van der Waals surface area contributed by atoms with Crippen LogP contribution in [0.1, 0.15) is 66.2 Å². The van der Waals surface area contributed by atoms with Gasteiger partial charge in [0, 0.05) is 13.1 Å². The van der Waals surface area contributed by atoms with Crippen LogP contribution in [0.4, 0.5) is 0 Å². The van der Waals surface area contributed by atoms with Crippen LogP contribution >= 0.6 is 0 Å². The minimum Gasteiger partial charge on any atom is -0.466 e. The highest BCUT2D eigenvalue weighted by Gasteiger charge is 2.79. The lowest BCUT2D eigenvalue weighted by Gasteiger charge is -2.39. The maximum absolute atomic E-state index is 14.1. The van der Waals surface area contributed by atoms with Gasteiger partial charge in [-0.3, -0.25) is 14.4 Å². The molecule has 3 rings (SSSR count). The van der Waals surface area contributed by atoms with Gasteiger partial charge >= 0.3 is 5.97 Å². The van der Waals surface area contributed by atoms with E-state index in [1.54, 1.807) is 17.9 Å². The first-order valence-corrected chi connectivity index (χ1v) is 12.5. The van der Waals surface area contributed by atoms with E-state index in [-0.39, 0.29) is 25.0 Å². The standard InChI is InChI=1S/C25H40N2O6/c1-6-10-11-15-26(14-7-2)22(30)20-25-13-12-24(5,33-25)19(23(31)32-9-4)18(25)21(29)27(20)17(8-3)16-28/h7,17-20,28H,2,6,8-16H2,1,3-5H3/t17-,18-,19-,20?,24+,25?/m0/s1. The summed E-state index contributed by atoms with van der Waals surface area (Å²) in [5.41, 5.74) is -1.93. The van der Waals surface area contributed by atoms with E-state index in [1.807, 2.05) is 13.8 Å². The molecule has 6 atom stereocenters. The minimum absolute atomic E-state index is 0.192. The number of amides is 2. The highest BCUT2D eigenvalue weighted by atomic mass is 16.6. The zero-order valence-electron chi connectivity index (χ0n) is 20.5. The van der Waals surface area contributed by atoms with Crippen LogP contribution in [0, 0.1) is 11.8 Å². The van der Waals surface area contributed by atoms with Gasteiger partial charge in [-0.1, -0.05) is 32.8 Å². The third-order valence-electron chi connectivity index (χ3n) is 7.76. The van der Waals surface area contributed by atoms with Crippen LogP contribution in [0.2, 0.25) is 0 Å². The van der Waals surface area contributed by atoms with Crippen molar-refractivity contribution in [3.8, 4) is 0 Å². The summed E-state index contributed by atoms with van der Waals surface area (Å²) in [5, 5.41) is 10.1. The second-order valence-corrected chi connectivity index (χ2v) is 9.75. The molecule has 0 radical (unpaired) electrons. The zero-order valence-corrected chi connectivity index (χ0v) is 20.5. The topological polar surface area (TPSA) is 96.4 Å². The van der Waals surface area contributed by atoms with E-state index < -0.39 is 41.1 Å². The molecule has 0 aromatic carbocycles. The molecule has 8 heteroatoms. The number of nitrogens with zero attached hydrogens (tertiary/aromatic N) is 2. The van der Waals surface area contributed by atoms with Crippen LogP contribution in [-0.4, -0.2) is 82.3 Å². The van der Waals surface area contributed by atoms with Gasteiger partial charge in [0.25, 0.3) is 0 Å². The fourth-order valence-corrected chi connectivity index (χ4v) is 6.21. The fraction of sp³-hybridized carbons (Fsp3) is 0.800. The van der Waals surface area contributed by atoms with E-state index in [0.29, 0.717) is 32.4 Å².